The third kappa shape index (κ3) is 4.75. The molecule has 1 fully saturated rings. The van der Waals surface area contributed by atoms with Gasteiger partial charge in [0, 0.05) is 18.4 Å². The van der Waals surface area contributed by atoms with Crippen LogP contribution in [-0.4, -0.2) is 22.6 Å². The molecule has 0 amide bonds. The Balaban J connectivity index is 1.96. The second kappa shape index (κ2) is 8.80. The van der Waals surface area contributed by atoms with Crippen molar-refractivity contribution in [3.05, 3.63) is 41.6 Å². The summed E-state index contributed by atoms with van der Waals surface area (Å²) in [6, 6.07) is 7.86. The molecule has 0 spiro atoms. The number of hydrogen-bond acceptors (Lipinski definition) is 4. The minimum Gasteiger partial charge on any atom is -0.474 e. The van der Waals surface area contributed by atoms with Gasteiger partial charge in [0.25, 0.3) is 0 Å². The normalized spacial score (nSPS) is 15.5. The summed E-state index contributed by atoms with van der Waals surface area (Å²) >= 11 is 0. The van der Waals surface area contributed by atoms with Crippen molar-refractivity contribution in [2.24, 2.45) is 0 Å². The topological polar surface area (TPSA) is 38.2 Å². The molecular weight excluding hydrogens is 367 g/mol. The van der Waals surface area contributed by atoms with E-state index in [1.807, 2.05) is 31.2 Å². The van der Waals surface area contributed by atoms with E-state index in [9.17, 15) is 13.2 Å². The molecule has 3 rings (SSSR count). The lowest BCUT2D eigenvalue weighted by Crippen LogP contribution is -2.24. The number of halogens is 3. The molecule has 1 heterocycles. The van der Waals surface area contributed by atoms with Crippen molar-refractivity contribution >= 4 is 11.6 Å². The summed E-state index contributed by atoms with van der Waals surface area (Å²) in [6.07, 6.45) is 1.47. The smallest absolute Gasteiger partial charge is 0.423 e. The van der Waals surface area contributed by atoms with E-state index in [0.29, 0.717) is 6.54 Å². The molecule has 0 radical (unpaired) electrons. The summed E-state index contributed by atoms with van der Waals surface area (Å²) in [5, 5.41) is 0. The average Bonchev–Trinajstić information content (AvgIpc) is 2.69. The van der Waals surface area contributed by atoms with Gasteiger partial charge in [0.05, 0.1) is 0 Å². The molecule has 0 aliphatic heterocycles. The Bertz CT molecular complexity index is 789. The van der Waals surface area contributed by atoms with Crippen molar-refractivity contribution in [1.82, 2.24) is 9.97 Å². The van der Waals surface area contributed by atoms with E-state index in [-0.39, 0.29) is 17.9 Å². The summed E-state index contributed by atoms with van der Waals surface area (Å²) in [7, 11) is 0. The maximum Gasteiger partial charge on any atom is 0.423 e. The number of rotatable bonds is 6. The highest BCUT2D eigenvalue weighted by atomic mass is 19.4. The van der Waals surface area contributed by atoms with E-state index in [1.165, 1.54) is 0 Å². The number of alkyl halides is 3. The highest BCUT2D eigenvalue weighted by Gasteiger charge is 2.37. The van der Waals surface area contributed by atoms with E-state index in [0.717, 1.165) is 56.0 Å². The molecule has 1 saturated carbocycles. The number of hydrogen-bond donors (Lipinski definition) is 0. The fraction of sp³-hybridized carbons (Fsp3) is 0.524. The van der Waals surface area contributed by atoms with Crippen molar-refractivity contribution in [3.8, 4) is 5.88 Å². The van der Waals surface area contributed by atoms with Gasteiger partial charge >= 0.3 is 6.18 Å². The van der Waals surface area contributed by atoms with Gasteiger partial charge in [-0.2, -0.15) is 18.2 Å². The van der Waals surface area contributed by atoms with Crippen LogP contribution in [0.3, 0.4) is 0 Å². The van der Waals surface area contributed by atoms with Crippen LogP contribution in [-0.2, 0) is 12.6 Å². The Kier molecular flexibility index (Phi) is 6.42. The lowest BCUT2D eigenvalue weighted by Gasteiger charge is -2.26. The van der Waals surface area contributed by atoms with Crippen LogP contribution in [0.25, 0.3) is 0 Å². The van der Waals surface area contributed by atoms with Gasteiger partial charge in [0.1, 0.15) is 11.7 Å². The van der Waals surface area contributed by atoms with Gasteiger partial charge in [-0.05, 0) is 56.7 Å². The quantitative estimate of drug-likeness (QED) is 0.610. The lowest BCUT2D eigenvalue weighted by molar-refractivity contribution is -0.140. The summed E-state index contributed by atoms with van der Waals surface area (Å²) in [5.41, 5.74) is 1.08. The first kappa shape index (κ1) is 20.4. The molecule has 0 bridgehead atoms. The van der Waals surface area contributed by atoms with Gasteiger partial charge in [-0.3, -0.25) is 0 Å². The van der Waals surface area contributed by atoms with Crippen LogP contribution in [0, 0.1) is 0 Å². The Morgan fingerprint density at radius 1 is 1.14 bits per heavy atom. The van der Waals surface area contributed by atoms with Gasteiger partial charge in [-0.25, -0.2) is 4.98 Å². The van der Waals surface area contributed by atoms with Crippen molar-refractivity contribution in [3.63, 3.8) is 0 Å². The number of ether oxygens (including phenoxy) is 1. The second-order valence-electron chi connectivity index (χ2n) is 7.03. The van der Waals surface area contributed by atoms with Crippen LogP contribution >= 0.6 is 0 Å². The van der Waals surface area contributed by atoms with E-state index in [2.05, 4.69) is 16.9 Å². The maximum absolute atomic E-state index is 13.5. The maximum atomic E-state index is 13.5. The van der Waals surface area contributed by atoms with E-state index >= 15 is 0 Å². The Morgan fingerprint density at radius 3 is 2.54 bits per heavy atom. The number of aromatic nitrogens is 2. The standard InChI is InChI=1S/C21H26F3N3O/c1-3-15-9-8-10-16(13-15)27(4-2)20-25-14-18(21(22,23)24)19(26-20)28-17-11-6-5-7-12-17/h8-10,13-14,17H,3-7,11-12H2,1-2H3. The molecule has 4 nitrogen and oxygen atoms in total. The van der Waals surface area contributed by atoms with E-state index < -0.39 is 11.7 Å². The first-order valence-corrected chi connectivity index (χ1v) is 9.89. The molecule has 0 unspecified atom stereocenters. The van der Waals surface area contributed by atoms with Crippen LogP contribution in [0.5, 0.6) is 5.88 Å². The Hall–Kier alpha value is -2.31. The minimum atomic E-state index is -4.55. The summed E-state index contributed by atoms with van der Waals surface area (Å²) in [5.74, 6) is -0.149. The van der Waals surface area contributed by atoms with Gasteiger partial charge in [0.15, 0.2) is 0 Å². The molecule has 1 aliphatic carbocycles. The molecule has 1 aliphatic rings. The first-order chi connectivity index (χ1) is 13.4. The summed E-state index contributed by atoms with van der Waals surface area (Å²) < 4.78 is 46.1. The number of aryl methyl sites for hydroxylation is 1. The molecule has 0 N–H and O–H groups in total. The summed E-state index contributed by atoms with van der Waals surface area (Å²) in [4.78, 5) is 10.0. The Labute approximate surface area is 163 Å². The van der Waals surface area contributed by atoms with Crippen LogP contribution < -0.4 is 9.64 Å². The Morgan fingerprint density at radius 2 is 1.89 bits per heavy atom. The van der Waals surface area contributed by atoms with Crippen LogP contribution in [0.2, 0.25) is 0 Å². The van der Waals surface area contributed by atoms with Crippen LogP contribution in [0.15, 0.2) is 30.5 Å². The van der Waals surface area contributed by atoms with Gasteiger partial charge < -0.3 is 9.64 Å². The van der Waals surface area contributed by atoms with Crippen molar-refractivity contribution in [2.45, 2.75) is 64.7 Å². The lowest BCUT2D eigenvalue weighted by atomic mass is 9.98. The first-order valence-electron chi connectivity index (χ1n) is 9.89. The average molecular weight is 393 g/mol. The largest absolute Gasteiger partial charge is 0.474 e. The zero-order valence-electron chi connectivity index (χ0n) is 16.3. The van der Waals surface area contributed by atoms with Gasteiger partial charge in [-0.1, -0.05) is 25.5 Å². The highest BCUT2D eigenvalue weighted by Crippen LogP contribution is 2.37. The van der Waals surface area contributed by atoms with Gasteiger partial charge in [-0.15, -0.1) is 0 Å². The van der Waals surface area contributed by atoms with Crippen molar-refractivity contribution < 1.29 is 17.9 Å². The third-order valence-corrected chi connectivity index (χ3v) is 5.07. The molecule has 0 atom stereocenters. The highest BCUT2D eigenvalue weighted by molar-refractivity contribution is 5.58. The fourth-order valence-electron chi connectivity index (χ4n) is 3.50. The molecule has 2 aromatic rings. The molecule has 152 valence electrons. The molecule has 28 heavy (non-hydrogen) atoms. The SMILES string of the molecule is CCc1cccc(N(CC)c2ncc(C(F)(F)F)c(OC3CCCCC3)n2)c1. The van der Waals surface area contributed by atoms with Crippen molar-refractivity contribution in [1.29, 1.82) is 0 Å². The van der Waals surface area contributed by atoms with E-state index in [4.69, 9.17) is 4.74 Å². The number of anilines is 2. The van der Waals surface area contributed by atoms with Gasteiger partial charge in [0.2, 0.25) is 11.8 Å². The monoisotopic (exact) mass is 393 g/mol. The molecular formula is C21H26F3N3O. The molecule has 1 aromatic heterocycles. The van der Waals surface area contributed by atoms with E-state index in [1.54, 1.807) is 4.90 Å². The molecule has 1 aromatic carbocycles. The molecule has 0 saturated heterocycles. The predicted molar refractivity (Wildman–Crippen MR) is 103 cm³/mol. The predicted octanol–water partition coefficient (Wildman–Crippen LogP) is 5.93. The fourth-order valence-corrected chi connectivity index (χ4v) is 3.50. The number of nitrogens with zero attached hydrogens (tertiary/aromatic N) is 3. The molecule has 7 heteroatoms. The zero-order valence-corrected chi connectivity index (χ0v) is 16.3. The van der Waals surface area contributed by atoms with Crippen LogP contribution in [0.1, 0.15) is 57.1 Å². The summed E-state index contributed by atoms with van der Waals surface area (Å²) in [6.45, 7) is 4.50. The minimum absolute atomic E-state index is 0.217. The number of benzene rings is 1. The second-order valence-corrected chi connectivity index (χ2v) is 7.03. The van der Waals surface area contributed by atoms with Crippen LogP contribution in [0.4, 0.5) is 24.8 Å². The van der Waals surface area contributed by atoms with Crippen molar-refractivity contribution in [2.75, 3.05) is 11.4 Å². The zero-order chi connectivity index (χ0) is 20.1. The third-order valence-electron chi connectivity index (χ3n) is 5.07.